The van der Waals surface area contributed by atoms with Crippen LogP contribution in [0.25, 0.3) is 0 Å². The van der Waals surface area contributed by atoms with Gasteiger partial charge in [0.05, 0.1) is 5.69 Å². The Kier molecular flexibility index (Phi) is 3.91. The first kappa shape index (κ1) is 15.3. The average molecular weight is 305 g/mol. The zero-order chi connectivity index (χ0) is 15.7. The molecule has 5 nitrogen and oxygen atoms in total. The highest BCUT2D eigenvalue weighted by Gasteiger charge is 2.23. The lowest BCUT2D eigenvalue weighted by Gasteiger charge is -2.23. The summed E-state index contributed by atoms with van der Waals surface area (Å²) < 4.78 is 27.5. The van der Waals surface area contributed by atoms with Crippen LogP contribution in [0.3, 0.4) is 0 Å². The predicted molar refractivity (Wildman–Crippen MR) is 84.6 cm³/mol. The van der Waals surface area contributed by atoms with E-state index in [2.05, 4.69) is 9.71 Å². The minimum Gasteiger partial charge on any atom is -0.383 e. The summed E-state index contributed by atoms with van der Waals surface area (Å²) in [6.07, 6.45) is 1.46. The lowest BCUT2D eigenvalue weighted by molar-refractivity contribution is 0.590. The average Bonchev–Trinajstić information content (AvgIpc) is 2.38. The van der Waals surface area contributed by atoms with Crippen LogP contribution in [0.15, 0.2) is 47.5 Å². The van der Waals surface area contributed by atoms with Crippen LogP contribution in [0.2, 0.25) is 0 Å². The molecule has 3 N–H and O–H groups in total. The van der Waals surface area contributed by atoms with Crippen molar-refractivity contribution in [3.63, 3.8) is 0 Å². The molecular weight excluding hydrogens is 286 g/mol. The van der Waals surface area contributed by atoms with Gasteiger partial charge < -0.3 is 5.73 Å². The van der Waals surface area contributed by atoms with Crippen molar-refractivity contribution < 1.29 is 8.42 Å². The van der Waals surface area contributed by atoms with Crippen molar-refractivity contribution in [1.82, 2.24) is 4.98 Å². The van der Waals surface area contributed by atoms with Gasteiger partial charge in [-0.05, 0) is 29.2 Å². The molecule has 0 bridgehead atoms. The first-order chi connectivity index (χ1) is 9.72. The van der Waals surface area contributed by atoms with E-state index in [-0.39, 0.29) is 16.1 Å². The molecule has 2 aromatic rings. The van der Waals surface area contributed by atoms with E-state index in [1.807, 2.05) is 32.9 Å². The summed E-state index contributed by atoms with van der Waals surface area (Å²) in [5.74, 6) is -0.0155. The first-order valence-corrected chi connectivity index (χ1v) is 8.03. The first-order valence-electron chi connectivity index (χ1n) is 6.54. The fraction of sp³-hybridized carbons (Fsp3) is 0.267. The number of sulfonamides is 1. The van der Waals surface area contributed by atoms with E-state index in [9.17, 15) is 8.42 Å². The van der Waals surface area contributed by atoms with Crippen LogP contribution < -0.4 is 10.5 Å². The molecule has 0 aliphatic rings. The van der Waals surface area contributed by atoms with E-state index in [4.69, 9.17) is 5.73 Å². The molecule has 6 heteroatoms. The monoisotopic (exact) mass is 305 g/mol. The number of nitrogens with one attached hydrogen (secondary N) is 1. The van der Waals surface area contributed by atoms with Gasteiger partial charge in [0.1, 0.15) is 10.7 Å². The number of benzene rings is 1. The van der Waals surface area contributed by atoms with Crippen molar-refractivity contribution in [2.45, 2.75) is 31.1 Å². The topological polar surface area (TPSA) is 85.1 Å². The van der Waals surface area contributed by atoms with Crippen LogP contribution in [0, 0.1) is 0 Å². The number of hydrogen-bond acceptors (Lipinski definition) is 4. The van der Waals surface area contributed by atoms with Gasteiger partial charge in [0, 0.05) is 6.20 Å². The summed E-state index contributed by atoms with van der Waals surface area (Å²) in [7, 11) is -3.76. The van der Waals surface area contributed by atoms with Crippen LogP contribution >= 0.6 is 0 Å². The molecule has 0 saturated carbocycles. The third kappa shape index (κ3) is 3.33. The van der Waals surface area contributed by atoms with E-state index in [1.165, 1.54) is 12.3 Å². The lowest BCUT2D eigenvalue weighted by Crippen LogP contribution is -2.20. The number of aromatic nitrogens is 1. The molecule has 21 heavy (non-hydrogen) atoms. The normalized spacial score (nSPS) is 12.1. The molecule has 0 aliphatic heterocycles. The van der Waals surface area contributed by atoms with Crippen molar-refractivity contribution >= 4 is 21.5 Å². The van der Waals surface area contributed by atoms with Crippen LogP contribution in [0.1, 0.15) is 26.3 Å². The van der Waals surface area contributed by atoms with Gasteiger partial charge in [-0.25, -0.2) is 13.4 Å². The number of nitrogens with zero attached hydrogens (tertiary/aromatic N) is 1. The number of nitrogens with two attached hydrogens (primary N) is 1. The summed E-state index contributed by atoms with van der Waals surface area (Å²) in [6.45, 7) is 6.08. The largest absolute Gasteiger partial charge is 0.383 e. The Morgan fingerprint density at radius 1 is 1.10 bits per heavy atom. The van der Waals surface area contributed by atoms with E-state index in [0.29, 0.717) is 5.69 Å². The molecule has 0 unspecified atom stereocenters. The van der Waals surface area contributed by atoms with Crippen LogP contribution in [0.4, 0.5) is 11.5 Å². The summed E-state index contributed by atoms with van der Waals surface area (Å²) in [6, 6.07) is 10.3. The van der Waals surface area contributed by atoms with Gasteiger partial charge in [0.25, 0.3) is 10.0 Å². The third-order valence-electron chi connectivity index (χ3n) is 3.07. The molecule has 112 valence electrons. The maximum atomic E-state index is 12.5. The Balaban J connectivity index is 2.46. The number of nitrogen functional groups attached to an aromatic ring is 1. The highest BCUT2D eigenvalue weighted by atomic mass is 32.2. The number of rotatable bonds is 3. The Morgan fingerprint density at radius 3 is 2.38 bits per heavy atom. The second kappa shape index (κ2) is 5.37. The fourth-order valence-electron chi connectivity index (χ4n) is 2.06. The fourth-order valence-corrected chi connectivity index (χ4v) is 3.22. The number of hydrogen-bond donors (Lipinski definition) is 2. The van der Waals surface area contributed by atoms with Crippen molar-refractivity contribution in [3.8, 4) is 0 Å². The van der Waals surface area contributed by atoms with Gasteiger partial charge >= 0.3 is 0 Å². The predicted octanol–water partition coefficient (Wildman–Crippen LogP) is 2.76. The quantitative estimate of drug-likeness (QED) is 0.913. The minimum absolute atomic E-state index is 0.0155. The van der Waals surface area contributed by atoms with E-state index in [0.717, 1.165) is 5.56 Å². The molecule has 0 radical (unpaired) electrons. The maximum absolute atomic E-state index is 12.5. The molecule has 0 spiro atoms. The Morgan fingerprint density at radius 2 is 1.76 bits per heavy atom. The molecule has 0 saturated heterocycles. The highest BCUT2D eigenvalue weighted by molar-refractivity contribution is 7.92. The zero-order valence-electron chi connectivity index (χ0n) is 12.3. The summed E-state index contributed by atoms with van der Waals surface area (Å²) in [4.78, 5) is 3.80. The second-order valence-electron chi connectivity index (χ2n) is 5.79. The van der Waals surface area contributed by atoms with Crippen molar-refractivity contribution in [3.05, 3.63) is 48.2 Å². The summed E-state index contributed by atoms with van der Waals surface area (Å²) in [5.41, 5.74) is 6.94. The van der Waals surface area contributed by atoms with Gasteiger partial charge in [-0.15, -0.1) is 0 Å². The smallest absolute Gasteiger partial charge is 0.265 e. The molecular formula is C15H19N3O2S. The SMILES string of the molecule is CC(C)(C)c1ccccc1NS(=O)(=O)c1cccnc1N. The maximum Gasteiger partial charge on any atom is 0.265 e. The van der Waals surface area contributed by atoms with E-state index < -0.39 is 10.0 Å². The van der Waals surface area contributed by atoms with Crippen molar-refractivity contribution in [2.24, 2.45) is 0 Å². The second-order valence-corrected chi connectivity index (χ2v) is 7.44. The number of anilines is 2. The van der Waals surface area contributed by atoms with Gasteiger partial charge in [0.15, 0.2) is 0 Å². The van der Waals surface area contributed by atoms with Gasteiger partial charge in [-0.1, -0.05) is 39.0 Å². The molecule has 1 heterocycles. The van der Waals surface area contributed by atoms with E-state index >= 15 is 0 Å². The van der Waals surface area contributed by atoms with Crippen molar-refractivity contribution in [2.75, 3.05) is 10.5 Å². The third-order valence-corrected chi connectivity index (χ3v) is 4.48. The van der Waals surface area contributed by atoms with Gasteiger partial charge in [0.2, 0.25) is 0 Å². The molecule has 0 fully saturated rings. The Bertz CT molecular complexity index is 750. The minimum atomic E-state index is -3.76. The molecule has 0 amide bonds. The van der Waals surface area contributed by atoms with Gasteiger partial charge in [-0.2, -0.15) is 0 Å². The molecule has 1 aromatic carbocycles. The van der Waals surface area contributed by atoms with Crippen LogP contribution in [0.5, 0.6) is 0 Å². The summed E-state index contributed by atoms with van der Waals surface area (Å²) in [5, 5.41) is 0. The van der Waals surface area contributed by atoms with Crippen molar-refractivity contribution in [1.29, 1.82) is 0 Å². The zero-order valence-corrected chi connectivity index (χ0v) is 13.1. The van der Waals surface area contributed by atoms with Crippen LogP contribution in [-0.4, -0.2) is 13.4 Å². The highest BCUT2D eigenvalue weighted by Crippen LogP contribution is 2.31. The Hall–Kier alpha value is -2.08. The Labute approximate surface area is 125 Å². The number of pyridine rings is 1. The lowest BCUT2D eigenvalue weighted by atomic mass is 9.86. The molecule has 0 atom stereocenters. The molecule has 0 aliphatic carbocycles. The summed E-state index contributed by atoms with van der Waals surface area (Å²) >= 11 is 0. The van der Waals surface area contributed by atoms with E-state index in [1.54, 1.807) is 18.2 Å². The standard InChI is InChI=1S/C15H19N3O2S/c1-15(2,3)11-7-4-5-8-12(11)18-21(19,20)13-9-6-10-17-14(13)16/h4-10,18H,1-3H3,(H2,16,17). The molecule has 2 rings (SSSR count). The van der Waals surface area contributed by atoms with Gasteiger partial charge in [-0.3, -0.25) is 4.72 Å². The molecule has 1 aromatic heterocycles. The van der Waals surface area contributed by atoms with Crippen LogP contribution in [-0.2, 0) is 15.4 Å². The number of para-hydroxylation sites is 1.